The summed E-state index contributed by atoms with van der Waals surface area (Å²) in [6, 6.07) is 6.82. The van der Waals surface area contributed by atoms with E-state index in [0.29, 0.717) is 5.92 Å². The monoisotopic (exact) mass is 572 g/mol. The highest BCUT2D eigenvalue weighted by Crippen LogP contribution is 2.29. The number of ether oxygens (including phenoxy) is 1. The van der Waals surface area contributed by atoms with Crippen molar-refractivity contribution in [2.45, 2.75) is 71.6 Å². The Morgan fingerprint density at radius 1 is 0.976 bits per heavy atom. The minimum Gasteiger partial charge on any atom is -0.481 e. The summed E-state index contributed by atoms with van der Waals surface area (Å²) in [6.45, 7) is 15.1. The van der Waals surface area contributed by atoms with E-state index in [1.807, 2.05) is 0 Å². The number of morpholine rings is 1. The molecule has 41 heavy (non-hydrogen) atoms. The van der Waals surface area contributed by atoms with E-state index in [-0.39, 0.29) is 0 Å². The molecule has 0 saturated carbocycles. The Hall–Kier alpha value is -3.61. The molecular weight excluding hydrogens is 532 g/mol. The van der Waals surface area contributed by atoms with Crippen LogP contribution in [0.3, 0.4) is 0 Å². The number of aliphatic hydroxyl groups is 1. The molecule has 0 spiro atoms. The second kappa shape index (κ2) is 13.8. The smallest absolute Gasteiger partial charge is 0.336 e. The number of benzene rings is 1. The summed E-state index contributed by atoms with van der Waals surface area (Å²) < 4.78 is 5.55. The highest BCUT2D eigenvalue weighted by atomic mass is 16.5. The molecule has 3 heterocycles. The maximum Gasteiger partial charge on any atom is 0.336 e. The molecule has 2 aromatic rings. The summed E-state index contributed by atoms with van der Waals surface area (Å²) in [7, 11) is 0. The van der Waals surface area contributed by atoms with Gasteiger partial charge in [0.1, 0.15) is 11.6 Å². The van der Waals surface area contributed by atoms with Crippen molar-refractivity contribution in [3.05, 3.63) is 52.0 Å². The third-order valence-corrected chi connectivity index (χ3v) is 7.23. The minimum absolute atomic E-state index is 0.334. The van der Waals surface area contributed by atoms with Crippen LogP contribution >= 0.6 is 0 Å². The van der Waals surface area contributed by atoms with Crippen LogP contribution in [0.15, 0.2) is 18.2 Å². The van der Waals surface area contributed by atoms with Crippen molar-refractivity contribution in [1.82, 2.24) is 14.9 Å². The zero-order valence-corrected chi connectivity index (χ0v) is 24.1. The molecule has 4 N–H and O–H groups in total. The van der Waals surface area contributed by atoms with Gasteiger partial charge in [-0.25, -0.2) is 14.8 Å². The van der Waals surface area contributed by atoms with Crippen LogP contribution in [0, 0.1) is 13.8 Å². The molecule has 0 unspecified atom stereocenters. The van der Waals surface area contributed by atoms with Gasteiger partial charge in [-0.3, -0.25) is 14.5 Å². The molecule has 1 aromatic heterocycles. The average Bonchev–Trinajstić information content (AvgIpc) is 2.90. The van der Waals surface area contributed by atoms with Gasteiger partial charge >= 0.3 is 17.9 Å². The Morgan fingerprint density at radius 2 is 1.61 bits per heavy atom. The predicted octanol–water partition coefficient (Wildman–Crippen LogP) is 2.36. The largest absolute Gasteiger partial charge is 0.481 e. The highest BCUT2D eigenvalue weighted by molar-refractivity contribution is 5.88. The summed E-state index contributed by atoms with van der Waals surface area (Å²) in [5, 5.41) is 33.8. The zero-order chi connectivity index (χ0) is 30.3. The number of fused-ring (bicyclic) bond motifs is 1. The van der Waals surface area contributed by atoms with Gasteiger partial charge in [0.15, 0.2) is 5.60 Å². The van der Waals surface area contributed by atoms with Crippen LogP contribution in [0.2, 0.25) is 0 Å². The van der Waals surface area contributed by atoms with E-state index in [0.717, 1.165) is 64.0 Å². The number of carboxylic acid groups (broad SMARTS) is 3. The summed E-state index contributed by atoms with van der Waals surface area (Å²) in [6.07, 6.45) is -1.27. The van der Waals surface area contributed by atoms with Gasteiger partial charge in [0.2, 0.25) is 0 Å². The summed E-state index contributed by atoms with van der Waals surface area (Å²) in [5.41, 5.74) is 3.94. The van der Waals surface area contributed by atoms with E-state index in [2.05, 4.69) is 55.7 Å². The van der Waals surface area contributed by atoms with Crippen molar-refractivity contribution in [1.29, 1.82) is 0 Å². The first-order valence-electron chi connectivity index (χ1n) is 13.7. The number of aliphatic carboxylic acids is 3. The van der Waals surface area contributed by atoms with Crippen molar-refractivity contribution in [2.75, 3.05) is 37.7 Å². The lowest BCUT2D eigenvalue weighted by molar-refractivity contribution is -0.170. The fourth-order valence-corrected chi connectivity index (χ4v) is 4.79. The molecular formula is C29H40N4O8. The first-order valence-corrected chi connectivity index (χ1v) is 13.7. The normalized spacial score (nSPS) is 15.6. The second-order valence-electron chi connectivity index (χ2n) is 10.9. The number of carbonyl (C=O) groups is 3. The lowest BCUT2D eigenvalue weighted by atomic mass is 9.96. The number of rotatable bonds is 9. The average molecular weight is 573 g/mol. The molecule has 0 radical (unpaired) electrons. The van der Waals surface area contributed by atoms with Crippen LogP contribution in [0.1, 0.15) is 66.4 Å². The minimum atomic E-state index is -2.74. The third kappa shape index (κ3) is 8.69. The van der Waals surface area contributed by atoms with Crippen molar-refractivity contribution < 1.29 is 39.5 Å². The predicted molar refractivity (Wildman–Crippen MR) is 150 cm³/mol. The van der Waals surface area contributed by atoms with Gasteiger partial charge in [-0.1, -0.05) is 32.0 Å². The molecule has 12 nitrogen and oxygen atoms in total. The fraction of sp³-hybridized carbons (Fsp3) is 0.552. The van der Waals surface area contributed by atoms with Gasteiger partial charge < -0.3 is 30.1 Å². The van der Waals surface area contributed by atoms with Crippen LogP contribution < -0.4 is 4.90 Å². The third-order valence-electron chi connectivity index (χ3n) is 7.23. The summed E-state index contributed by atoms with van der Waals surface area (Å²) >= 11 is 0. The topological polar surface area (TPSA) is 174 Å². The first kappa shape index (κ1) is 31.9. The molecule has 0 bridgehead atoms. The molecule has 2 aliphatic heterocycles. The molecule has 4 rings (SSSR count). The maximum atomic E-state index is 10.3. The van der Waals surface area contributed by atoms with Crippen molar-refractivity contribution in [3.63, 3.8) is 0 Å². The molecule has 224 valence electrons. The Bertz CT molecular complexity index is 1240. The molecule has 12 heteroatoms. The Morgan fingerprint density at radius 3 is 2.15 bits per heavy atom. The highest BCUT2D eigenvalue weighted by Gasteiger charge is 2.40. The molecule has 1 aromatic carbocycles. The van der Waals surface area contributed by atoms with Gasteiger partial charge in [-0.2, -0.15) is 0 Å². The number of nitrogens with zero attached hydrogens (tertiary/aromatic N) is 4. The van der Waals surface area contributed by atoms with E-state index in [1.165, 1.54) is 27.9 Å². The maximum absolute atomic E-state index is 10.3. The standard InChI is InChI=1S/C23H32N4O.C6H8O7/c1-16(2)22-24-21-15-26(14-19-6-5-17(3)18(4)13-19)8-7-20(21)23(25-22)27-9-11-28-12-10-27;7-3(8)1-6(13,5(11)12)2-4(9)10/h5-6,13,16H,7-12,14-15H2,1-4H3;13H,1-2H2,(H,7,8)(H,9,10)(H,11,12). The van der Waals surface area contributed by atoms with Gasteiger partial charge in [0, 0.05) is 44.2 Å². The molecule has 0 atom stereocenters. The van der Waals surface area contributed by atoms with Crippen LogP contribution in [-0.4, -0.2) is 91.7 Å². The summed E-state index contributed by atoms with van der Waals surface area (Å²) in [4.78, 5) is 45.4. The lowest BCUT2D eigenvalue weighted by Crippen LogP contribution is -2.42. The lowest BCUT2D eigenvalue weighted by Gasteiger charge is -2.34. The first-order chi connectivity index (χ1) is 19.3. The van der Waals surface area contributed by atoms with E-state index in [1.54, 1.807) is 0 Å². The SMILES string of the molecule is Cc1ccc(CN2CCc3c(nc(C(C)C)nc3N3CCOCC3)C2)cc1C.O=C(O)CC(O)(CC(=O)O)C(=O)O. The van der Waals surface area contributed by atoms with E-state index >= 15 is 0 Å². The fourth-order valence-electron chi connectivity index (χ4n) is 4.79. The number of hydrogen-bond donors (Lipinski definition) is 4. The molecule has 1 fully saturated rings. The van der Waals surface area contributed by atoms with E-state index < -0.39 is 36.4 Å². The van der Waals surface area contributed by atoms with Crippen molar-refractivity contribution >= 4 is 23.7 Å². The van der Waals surface area contributed by atoms with Gasteiger partial charge in [0.05, 0.1) is 31.7 Å². The van der Waals surface area contributed by atoms with Crippen LogP contribution in [0.25, 0.3) is 0 Å². The number of aromatic nitrogens is 2. The Kier molecular flexibility index (Phi) is 10.8. The van der Waals surface area contributed by atoms with E-state index in [9.17, 15) is 14.4 Å². The number of anilines is 1. The quantitative estimate of drug-likeness (QED) is 0.346. The van der Waals surface area contributed by atoms with Gasteiger partial charge in [0.25, 0.3) is 0 Å². The molecule has 0 amide bonds. The van der Waals surface area contributed by atoms with Crippen LogP contribution in [-0.2, 0) is 38.6 Å². The van der Waals surface area contributed by atoms with Crippen molar-refractivity contribution in [3.8, 4) is 0 Å². The van der Waals surface area contributed by atoms with Gasteiger partial charge in [-0.05, 0) is 37.0 Å². The molecule has 1 saturated heterocycles. The van der Waals surface area contributed by atoms with Crippen molar-refractivity contribution in [2.24, 2.45) is 0 Å². The van der Waals surface area contributed by atoms with E-state index in [4.69, 9.17) is 35.1 Å². The molecule has 2 aliphatic rings. The number of hydrogen-bond acceptors (Lipinski definition) is 9. The number of aryl methyl sites for hydroxylation is 2. The summed E-state index contributed by atoms with van der Waals surface area (Å²) in [5.74, 6) is -2.56. The van der Waals surface area contributed by atoms with Crippen LogP contribution in [0.5, 0.6) is 0 Å². The number of carboxylic acids is 3. The Balaban J connectivity index is 0.000000302. The van der Waals surface area contributed by atoms with Crippen LogP contribution in [0.4, 0.5) is 5.82 Å². The molecule has 0 aliphatic carbocycles. The Labute approximate surface area is 239 Å². The van der Waals surface area contributed by atoms with Gasteiger partial charge in [-0.15, -0.1) is 0 Å². The zero-order valence-electron chi connectivity index (χ0n) is 24.1. The second-order valence-corrected chi connectivity index (χ2v) is 10.9.